The van der Waals surface area contributed by atoms with Crippen LogP contribution in [0.4, 0.5) is 0 Å². The predicted molar refractivity (Wildman–Crippen MR) is 106 cm³/mol. The molecule has 0 unspecified atom stereocenters. The fourth-order valence-electron chi connectivity index (χ4n) is 2.72. The summed E-state index contributed by atoms with van der Waals surface area (Å²) in [6, 6.07) is 12.3. The molecule has 148 valence electrons. The maximum absolute atomic E-state index is 13.2. The van der Waals surface area contributed by atoms with Crippen molar-refractivity contribution >= 4 is 16.0 Å². The number of carbonyl (C=O) groups is 1. The number of sulfonamides is 1. The highest BCUT2D eigenvalue weighted by atomic mass is 32.2. The van der Waals surface area contributed by atoms with Crippen molar-refractivity contribution in [3.63, 3.8) is 0 Å². The molecule has 7 heteroatoms. The third-order valence-corrected chi connectivity index (χ3v) is 6.15. The van der Waals surface area contributed by atoms with E-state index in [0.29, 0.717) is 5.75 Å². The summed E-state index contributed by atoms with van der Waals surface area (Å²) in [4.78, 5) is 12.5. The summed E-state index contributed by atoms with van der Waals surface area (Å²) < 4.78 is 37.4. The Labute approximate surface area is 166 Å². The first-order chi connectivity index (χ1) is 13.3. The molecule has 2 rings (SSSR count). The van der Waals surface area contributed by atoms with Crippen LogP contribution in [0.15, 0.2) is 53.4 Å². The van der Waals surface area contributed by atoms with Crippen molar-refractivity contribution < 1.29 is 22.7 Å². The summed E-state index contributed by atoms with van der Waals surface area (Å²) in [6.07, 6.45) is 5.53. The number of hydrogen-bond acceptors (Lipinski definition) is 5. The van der Waals surface area contributed by atoms with Gasteiger partial charge in [-0.15, -0.1) is 6.42 Å². The number of benzene rings is 2. The minimum atomic E-state index is -4.00. The molecule has 1 atom stereocenters. The molecule has 0 aliphatic carbocycles. The maximum atomic E-state index is 13.2. The molecule has 0 N–H and O–H groups in total. The molecule has 0 aromatic heterocycles. The highest BCUT2D eigenvalue weighted by Crippen LogP contribution is 2.22. The van der Waals surface area contributed by atoms with E-state index in [0.717, 1.165) is 15.4 Å². The molecule has 2 aromatic carbocycles. The zero-order valence-electron chi connectivity index (χ0n) is 16.1. The Morgan fingerprint density at radius 1 is 1.11 bits per heavy atom. The van der Waals surface area contributed by atoms with Crippen molar-refractivity contribution in [2.75, 3.05) is 20.8 Å². The summed E-state index contributed by atoms with van der Waals surface area (Å²) in [6.45, 7) is 1.60. The first kappa shape index (κ1) is 21.5. The number of ether oxygens (including phenoxy) is 2. The smallest absolute Gasteiger partial charge is 0.324 e. The zero-order chi connectivity index (χ0) is 20.7. The first-order valence-corrected chi connectivity index (χ1v) is 10.00. The number of methoxy groups -OCH3 is 2. The molecule has 0 fully saturated rings. The second kappa shape index (κ2) is 9.40. The van der Waals surface area contributed by atoms with E-state index in [-0.39, 0.29) is 17.9 Å². The molecule has 0 spiro atoms. The van der Waals surface area contributed by atoms with Gasteiger partial charge in [0, 0.05) is 0 Å². The number of terminal acetylenes is 1. The highest BCUT2D eigenvalue weighted by Gasteiger charge is 2.36. The molecule has 0 saturated heterocycles. The van der Waals surface area contributed by atoms with Crippen LogP contribution < -0.4 is 4.74 Å². The largest absolute Gasteiger partial charge is 0.497 e. The molecular weight excluding hydrogens is 378 g/mol. The molecule has 0 radical (unpaired) electrons. The van der Waals surface area contributed by atoms with E-state index in [1.54, 1.807) is 43.5 Å². The molecule has 2 aromatic rings. The van der Waals surface area contributed by atoms with Gasteiger partial charge < -0.3 is 9.47 Å². The Bertz CT molecular complexity index is 944. The monoisotopic (exact) mass is 401 g/mol. The number of carbonyl (C=O) groups excluding carboxylic acids is 1. The van der Waals surface area contributed by atoms with Crippen LogP contribution in [0.3, 0.4) is 0 Å². The van der Waals surface area contributed by atoms with Crippen LogP contribution in [0.2, 0.25) is 0 Å². The van der Waals surface area contributed by atoms with Crippen LogP contribution in [0, 0.1) is 19.3 Å². The Morgan fingerprint density at radius 3 is 2.21 bits per heavy atom. The molecule has 0 aliphatic heterocycles. The van der Waals surface area contributed by atoms with Gasteiger partial charge in [-0.25, -0.2) is 8.42 Å². The fourth-order valence-corrected chi connectivity index (χ4v) is 4.21. The van der Waals surface area contributed by atoms with Gasteiger partial charge in [0.15, 0.2) is 0 Å². The Morgan fingerprint density at radius 2 is 1.71 bits per heavy atom. The molecule has 0 saturated carbocycles. The SMILES string of the molecule is C#CCN([C@H](Cc1ccc(OC)cc1)C(=O)OC)S(=O)(=O)c1ccc(C)cc1. The zero-order valence-corrected chi connectivity index (χ0v) is 16.9. The van der Waals surface area contributed by atoms with Crippen LogP contribution in [0.5, 0.6) is 5.75 Å². The van der Waals surface area contributed by atoms with Crippen LogP contribution in [-0.4, -0.2) is 45.5 Å². The second-order valence-corrected chi connectivity index (χ2v) is 8.05. The van der Waals surface area contributed by atoms with Gasteiger partial charge in [-0.05, 0) is 43.2 Å². The van der Waals surface area contributed by atoms with E-state index in [1.807, 2.05) is 6.92 Å². The summed E-state index contributed by atoms with van der Waals surface area (Å²) in [5, 5.41) is 0. The fraction of sp³-hybridized carbons (Fsp3) is 0.286. The minimum Gasteiger partial charge on any atom is -0.497 e. The lowest BCUT2D eigenvalue weighted by atomic mass is 10.1. The summed E-state index contributed by atoms with van der Waals surface area (Å²) in [7, 11) is -1.23. The normalized spacial score (nSPS) is 12.2. The van der Waals surface area contributed by atoms with E-state index in [9.17, 15) is 13.2 Å². The van der Waals surface area contributed by atoms with Crippen LogP contribution in [0.1, 0.15) is 11.1 Å². The van der Waals surface area contributed by atoms with Crippen molar-refractivity contribution in [3.05, 3.63) is 59.7 Å². The first-order valence-electron chi connectivity index (χ1n) is 8.56. The van der Waals surface area contributed by atoms with Gasteiger partial charge in [0.2, 0.25) is 10.0 Å². The number of hydrogen-bond donors (Lipinski definition) is 0. The third kappa shape index (κ3) is 4.91. The van der Waals surface area contributed by atoms with Gasteiger partial charge in [0.1, 0.15) is 11.8 Å². The van der Waals surface area contributed by atoms with Gasteiger partial charge >= 0.3 is 5.97 Å². The molecule has 6 nitrogen and oxygen atoms in total. The van der Waals surface area contributed by atoms with E-state index in [4.69, 9.17) is 15.9 Å². The lowest BCUT2D eigenvalue weighted by molar-refractivity contribution is -0.145. The Hall–Kier alpha value is -2.82. The topological polar surface area (TPSA) is 72.9 Å². The summed E-state index contributed by atoms with van der Waals surface area (Å²) in [5.74, 6) is 2.32. The third-order valence-electron chi connectivity index (χ3n) is 4.28. The highest BCUT2D eigenvalue weighted by molar-refractivity contribution is 7.89. The van der Waals surface area contributed by atoms with Gasteiger partial charge in [-0.2, -0.15) is 4.31 Å². The molecule has 0 heterocycles. The number of rotatable bonds is 8. The second-order valence-electron chi connectivity index (χ2n) is 6.16. The maximum Gasteiger partial charge on any atom is 0.324 e. The van der Waals surface area contributed by atoms with E-state index < -0.39 is 22.0 Å². The minimum absolute atomic E-state index is 0.0667. The quantitative estimate of drug-likeness (QED) is 0.502. The van der Waals surface area contributed by atoms with Crippen molar-refractivity contribution in [1.82, 2.24) is 4.31 Å². The lowest BCUT2D eigenvalue weighted by Crippen LogP contribution is -2.47. The van der Waals surface area contributed by atoms with E-state index >= 15 is 0 Å². The Balaban J connectivity index is 2.44. The predicted octanol–water partition coefficient (Wildman–Crippen LogP) is 2.41. The van der Waals surface area contributed by atoms with E-state index in [2.05, 4.69) is 5.92 Å². The van der Waals surface area contributed by atoms with Gasteiger partial charge in [0.25, 0.3) is 0 Å². The van der Waals surface area contributed by atoms with Crippen LogP contribution in [-0.2, 0) is 26.0 Å². The number of esters is 1. The van der Waals surface area contributed by atoms with Gasteiger partial charge in [0.05, 0.1) is 25.7 Å². The van der Waals surface area contributed by atoms with Gasteiger partial charge in [-0.3, -0.25) is 4.79 Å². The van der Waals surface area contributed by atoms with E-state index in [1.165, 1.54) is 19.2 Å². The molecule has 0 aliphatic rings. The summed E-state index contributed by atoms with van der Waals surface area (Å²) >= 11 is 0. The number of nitrogens with zero attached hydrogens (tertiary/aromatic N) is 1. The van der Waals surface area contributed by atoms with Crippen molar-refractivity contribution in [2.24, 2.45) is 0 Å². The van der Waals surface area contributed by atoms with Crippen LogP contribution >= 0.6 is 0 Å². The lowest BCUT2D eigenvalue weighted by Gasteiger charge is -2.27. The van der Waals surface area contributed by atoms with Crippen molar-refractivity contribution in [2.45, 2.75) is 24.3 Å². The molecule has 28 heavy (non-hydrogen) atoms. The van der Waals surface area contributed by atoms with Crippen molar-refractivity contribution in [3.8, 4) is 18.1 Å². The molecule has 0 bridgehead atoms. The Kier molecular flexibility index (Phi) is 7.21. The number of aryl methyl sites for hydroxylation is 1. The average Bonchev–Trinajstić information content (AvgIpc) is 2.70. The van der Waals surface area contributed by atoms with Gasteiger partial charge in [-0.1, -0.05) is 35.7 Å². The standard InChI is InChI=1S/C21H23NO5S/c1-5-14-22(28(24,25)19-12-6-16(2)7-13-19)20(21(23)27-4)15-17-8-10-18(26-3)11-9-17/h1,6-13,20H,14-15H2,2-4H3/t20-/m1/s1. The van der Waals surface area contributed by atoms with Crippen molar-refractivity contribution in [1.29, 1.82) is 0 Å². The molecule has 0 amide bonds. The van der Waals surface area contributed by atoms with Crippen LogP contribution in [0.25, 0.3) is 0 Å². The molecular formula is C21H23NO5S. The summed E-state index contributed by atoms with van der Waals surface area (Å²) in [5.41, 5.74) is 1.67. The average molecular weight is 401 g/mol.